The van der Waals surface area contributed by atoms with Crippen LogP contribution in [0.5, 0.6) is 0 Å². The van der Waals surface area contributed by atoms with Crippen molar-refractivity contribution in [2.75, 3.05) is 26.7 Å². The van der Waals surface area contributed by atoms with Crippen molar-refractivity contribution in [3.8, 4) is 0 Å². The molecule has 1 aliphatic heterocycles. The molecule has 0 fully saturated rings. The third kappa shape index (κ3) is 3.97. The van der Waals surface area contributed by atoms with E-state index in [2.05, 4.69) is 0 Å². The van der Waals surface area contributed by atoms with Gasteiger partial charge in [-0.25, -0.2) is 4.39 Å². The van der Waals surface area contributed by atoms with Crippen molar-refractivity contribution in [1.29, 1.82) is 0 Å². The first-order valence-electron chi connectivity index (χ1n) is 9.16. The average Bonchev–Trinajstić information content (AvgIpc) is 2.92. The zero-order valence-electron chi connectivity index (χ0n) is 16.0. The quantitative estimate of drug-likeness (QED) is 0.747. The van der Waals surface area contributed by atoms with Crippen LogP contribution >= 0.6 is 0 Å². The lowest BCUT2D eigenvalue weighted by molar-refractivity contribution is -0.137. The standard InChI is InChI=1S/C22H23FN2O3/c1-15-3-7-17(8-4-15)19-20(24(2)13-14-26)22(28)25(21(19)27)12-11-16-5-9-18(23)10-6-16/h3-10,26H,11-14H2,1-2H3. The Balaban J connectivity index is 1.89. The highest BCUT2D eigenvalue weighted by atomic mass is 19.1. The second kappa shape index (κ2) is 8.35. The molecule has 0 saturated heterocycles. The van der Waals surface area contributed by atoms with E-state index in [9.17, 15) is 19.1 Å². The Hall–Kier alpha value is -2.99. The van der Waals surface area contributed by atoms with Gasteiger partial charge >= 0.3 is 0 Å². The average molecular weight is 382 g/mol. The van der Waals surface area contributed by atoms with Crippen molar-refractivity contribution in [3.63, 3.8) is 0 Å². The lowest BCUT2D eigenvalue weighted by Crippen LogP contribution is -2.36. The first kappa shape index (κ1) is 19.8. The molecule has 2 aromatic rings. The first-order valence-corrected chi connectivity index (χ1v) is 9.16. The summed E-state index contributed by atoms with van der Waals surface area (Å²) in [6.07, 6.45) is 0.440. The van der Waals surface area contributed by atoms with E-state index in [1.54, 1.807) is 24.1 Å². The Kier molecular flexibility index (Phi) is 5.90. The number of nitrogens with zero attached hydrogens (tertiary/aromatic N) is 2. The Labute approximate surface area is 163 Å². The molecule has 1 heterocycles. The molecule has 3 rings (SSSR count). The molecule has 146 valence electrons. The summed E-state index contributed by atoms with van der Waals surface area (Å²) in [6, 6.07) is 13.5. The lowest BCUT2D eigenvalue weighted by Gasteiger charge is -2.20. The highest BCUT2D eigenvalue weighted by molar-refractivity contribution is 6.35. The SMILES string of the molecule is Cc1ccc(C2=C(N(C)CCO)C(=O)N(CCc3ccc(F)cc3)C2=O)cc1. The van der Waals surface area contributed by atoms with Crippen molar-refractivity contribution in [1.82, 2.24) is 9.80 Å². The molecule has 5 nitrogen and oxygen atoms in total. The number of benzene rings is 2. The minimum atomic E-state index is -0.376. The maximum Gasteiger partial charge on any atom is 0.277 e. The number of halogens is 1. The maximum atomic E-state index is 13.1. The van der Waals surface area contributed by atoms with Gasteiger partial charge in [-0.1, -0.05) is 42.0 Å². The molecule has 0 bridgehead atoms. The van der Waals surface area contributed by atoms with Gasteiger partial charge in [-0.3, -0.25) is 14.5 Å². The van der Waals surface area contributed by atoms with Crippen LogP contribution in [0.15, 0.2) is 54.2 Å². The van der Waals surface area contributed by atoms with Gasteiger partial charge in [0.25, 0.3) is 11.8 Å². The van der Waals surface area contributed by atoms with Gasteiger partial charge in [0, 0.05) is 20.1 Å². The number of carbonyl (C=O) groups excluding carboxylic acids is 2. The summed E-state index contributed by atoms with van der Waals surface area (Å²) in [5.41, 5.74) is 3.21. The van der Waals surface area contributed by atoms with Crippen LogP contribution in [0.25, 0.3) is 5.57 Å². The monoisotopic (exact) mass is 382 g/mol. The number of likely N-dealkylation sites (N-methyl/N-ethyl adjacent to an activating group) is 1. The molecule has 0 unspecified atom stereocenters. The predicted molar refractivity (Wildman–Crippen MR) is 105 cm³/mol. The van der Waals surface area contributed by atoms with Crippen molar-refractivity contribution in [3.05, 3.63) is 76.7 Å². The fourth-order valence-electron chi connectivity index (χ4n) is 3.25. The fraction of sp³-hybridized carbons (Fsp3) is 0.273. The Morgan fingerprint density at radius 3 is 2.25 bits per heavy atom. The molecule has 2 amide bonds. The van der Waals surface area contributed by atoms with Gasteiger partial charge in [0.1, 0.15) is 11.5 Å². The molecular weight excluding hydrogens is 359 g/mol. The lowest BCUT2D eigenvalue weighted by atomic mass is 10.0. The Morgan fingerprint density at radius 1 is 1.00 bits per heavy atom. The predicted octanol–water partition coefficient (Wildman–Crippen LogP) is 2.38. The molecule has 28 heavy (non-hydrogen) atoms. The van der Waals surface area contributed by atoms with Crippen molar-refractivity contribution in [2.24, 2.45) is 0 Å². The summed E-state index contributed by atoms with van der Waals surface area (Å²) >= 11 is 0. The van der Waals surface area contributed by atoms with Gasteiger partial charge in [-0.2, -0.15) is 0 Å². The largest absolute Gasteiger partial charge is 0.395 e. The molecule has 2 aromatic carbocycles. The Bertz CT molecular complexity index is 904. The molecular formula is C22H23FN2O3. The van der Waals surface area contributed by atoms with Crippen LogP contribution in [0.4, 0.5) is 4.39 Å². The number of hydrogen-bond acceptors (Lipinski definition) is 4. The molecule has 0 saturated carbocycles. The second-order valence-electron chi connectivity index (χ2n) is 6.87. The van der Waals surface area contributed by atoms with E-state index in [4.69, 9.17) is 0 Å². The van der Waals surface area contributed by atoms with Crippen molar-refractivity contribution in [2.45, 2.75) is 13.3 Å². The van der Waals surface area contributed by atoms with Gasteiger partial charge in [-0.05, 0) is 36.6 Å². The summed E-state index contributed by atoms with van der Waals surface area (Å²) < 4.78 is 13.1. The van der Waals surface area contributed by atoms with Crippen molar-refractivity contribution >= 4 is 17.4 Å². The minimum absolute atomic E-state index is 0.127. The number of amides is 2. The van der Waals surface area contributed by atoms with Crippen LogP contribution in [-0.2, 0) is 16.0 Å². The van der Waals surface area contributed by atoms with Gasteiger partial charge in [0.05, 0.1) is 12.2 Å². The summed E-state index contributed by atoms with van der Waals surface area (Å²) in [6.45, 7) is 2.27. The van der Waals surface area contributed by atoms with Crippen LogP contribution in [0.1, 0.15) is 16.7 Å². The van der Waals surface area contributed by atoms with E-state index >= 15 is 0 Å². The topological polar surface area (TPSA) is 60.9 Å². The number of aliphatic hydroxyl groups is 1. The normalized spacial score (nSPS) is 14.2. The molecule has 0 atom stereocenters. The van der Waals surface area contributed by atoms with Crippen molar-refractivity contribution < 1.29 is 19.1 Å². The zero-order chi connectivity index (χ0) is 20.3. The van der Waals surface area contributed by atoms with Crippen LogP contribution < -0.4 is 0 Å². The first-order chi connectivity index (χ1) is 13.4. The molecule has 0 aliphatic carbocycles. The van der Waals surface area contributed by atoms with E-state index in [-0.39, 0.29) is 37.3 Å². The van der Waals surface area contributed by atoms with Crippen LogP contribution in [-0.4, -0.2) is 53.5 Å². The van der Waals surface area contributed by atoms with E-state index < -0.39 is 0 Å². The number of hydrogen-bond donors (Lipinski definition) is 1. The van der Waals surface area contributed by atoms with Gasteiger partial charge in [-0.15, -0.1) is 0 Å². The Morgan fingerprint density at radius 2 is 1.64 bits per heavy atom. The zero-order valence-corrected chi connectivity index (χ0v) is 16.0. The summed E-state index contributed by atoms with van der Waals surface area (Å²) in [5, 5.41) is 9.28. The van der Waals surface area contributed by atoms with Gasteiger partial charge in [0.2, 0.25) is 0 Å². The number of carbonyl (C=O) groups is 2. The summed E-state index contributed by atoms with van der Waals surface area (Å²) in [5.74, 6) is -1.05. The van der Waals surface area contributed by atoms with Gasteiger partial charge in [0.15, 0.2) is 0 Å². The summed E-state index contributed by atoms with van der Waals surface area (Å²) in [4.78, 5) is 29.0. The van der Waals surface area contributed by atoms with E-state index in [0.29, 0.717) is 23.3 Å². The molecule has 1 aliphatic rings. The van der Waals surface area contributed by atoms with Crippen LogP contribution in [0.2, 0.25) is 0 Å². The van der Waals surface area contributed by atoms with E-state index in [0.717, 1.165) is 11.1 Å². The highest BCUT2D eigenvalue weighted by Gasteiger charge is 2.40. The third-order valence-corrected chi connectivity index (χ3v) is 4.84. The van der Waals surface area contributed by atoms with Crippen LogP contribution in [0, 0.1) is 12.7 Å². The molecule has 0 radical (unpaired) electrons. The van der Waals surface area contributed by atoms with Crippen LogP contribution in [0.3, 0.4) is 0 Å². The van der Waals surface area contributed by atoms with Gasteiger partial charge < -0.3 is 10.0 Å². The smallest absolute Gasteiger partial charge is 0.277 e. The molecule has 0 aromatic heterocycles. The summed E-state index contributed by atoms with van der Waals surface area (Å²) in [7, 11) is 1.69. The maximum absolute atomic E-state index is 13.1. The van der Waals surface area contributed by atoms with E-state index in [1.807, 2.05) is 31.2 Å². The number of aryl methyl sites for hydroxylation is 1. The highest BCUT2D eigenvalue weighted by Crippen LogP contribution is 2.31. The molecule has 6 heteroatoms. The molecule has 0 spiro atoms. The number of rotatable bonds is 7. The fourth-order valence-corrected chi connectivity index (χ4v) is 3.25. The minimum Gasteiger partial charge on any atom is -0.395 e. The van der Waals surface area contributed by atoms with E-state index in [1.165, 1.54) is 17.0 Å². The molecule has 1 N–H and O–H groups in total. The third-order valence-electron chi connectivity index (χ3n) is 4.84. The number of aliphatic hydroxyl groups excluding tert-OH is 1. The number of imide groups is 1. The second-order valence-corrected chi connectivity index (χ2v) is 6.87.